The van der Waals surface area contributed by atoms with Crippen molar-refractivity contribution in [3.63, 3.8) is 0 Å². The van der Waals surface area contributed by atoms with Crippen LogP contribution in [0.1, 0.15) is 42.5 Å². The van der Waals surface area contributed by atoms with E-state index >= 15 is 0 Å². The molecule has 2 aromatic rings. The van der Waals surface area contributed by atoms with Crippen molar-refractivity contribution < 1.29 is 14.4 Å². The number of nitrogens with zero attached hydrogens (tertiary/aromatic N) is 1. The number of rotatable bonds is 3. The Morgan fingerprint density at radius 1 is 1.14 bits per heavy atom. The number of carbonyl (C=O) groups is 3. The first kappa shape index (κ1) is 18.4. The van der Waals surface area contributed by atoms with Crippen molar-refractivity contribution >= 4 is 34.7 Å². The van der Waals surface area contributed by atoms with E-state index in [0.29, 0.717) is 24.2 Å². The average molecular weight is 410 g/mol. The summed E-state index contributed by atoms with van der Waals surface area (Å²) >= 11 is 1.61. The van der Waals surface area contributed by atoms with Gasteiger partial charge in [-0.3, -0.25) is 14.4 Å². The molecule has 150 valence electrons. The Balaban J connectivity index is 1.41. The molecule has 3 aliphatic rings. The molecular weight excluding hydrogens is 386 g/mol. The van der Waals surface area contributed by atoms with Gasteiger partial charge in [-0.1, -0.05) is 25.0 Å². The Morgan fingerprint density at radius 3 is 2.72 bits per heavy atom. The molecule has 5 rings (SSSR count). The lowest BCUT2D eigenvalue weighted by atomic mass is 10.0. The highest BCUT2D eigenvalue weighted by Crippen LogP contribution is 2.34. The summed E-state index contributed by atoms with van der Waals surface area (Å²) in [6.07, 6.45) is 4.59. The first-order valence-corrected chi connectivity index (χ1v) is 11.1. The first-order chi connectivity index (χ1) is 14.1. The summed E-state index contributed by atoms with van der Waals surface area (Å²) < 4.78 is 0. The monoisotopic (exact) mass is 409 g/mol. The fourth-order valence-electron chi connectivity index (χ4n) is 4.77. The number of benzene rings is 1. The molecule has 1 aromatic heterocycles. The minimum atomic E-state index is -0.662. The number of anilines is 1. The maximum absolute atomic E-state index is 13.3. The second-order valence-corrected chi connectivity index (χ2v) is 9.00. The Kier molecular flexibility index (Phi) is 4.62. The van der Waals surface area contributed by atoms with E-state index in [-0.39, 0.29) is 29.7 Å². The zero-order valence-electron chi connectivity index (χ0n) is 16.0. The molecule has 0 unspecified atom stereocenters. The topological polar surface area (TPSA) is 78.5 Å². The third-order valence-electron chi connectivity index (χ3n) is 6.29. The quantitative estimate of drug-likeness (QED) is 0.817. The van der Waals surface area contributed by atoms with Gasteiger partial charge in [0, 0.05) is 17.3 Å². The van der Waals surface area contributed by atoms with E-state index in [9.17, 15) is 14.4 Å². The first-order valence-electron chi connectivity index (χ1n) is 10.2. The van der Waals surface area contributed by atoms with Crippen molar-refractivity contribution in [1.82, 2.24) is 10.2 Å². The van der Waals surface area contributed by atoms with Gasteiger partial charge in [-0.15, -0.1) is 11.3 Å². The number of nitrogens with one attached hydrogen (secondary N) is 2. The Morgan fingerprint density at radius 2 is 1.97 bits per heavy atom. The van der Waals surface area contributed by atoms with Crippen LogP contribution in [0.15, 0.2) is 35.7 Å². The van der Waals surface area contributed by atoms with Crippen LogP contribution in [-0.2, 0) is 9.59 Å². The van der Waals surface area contributed by atoms with Gasteiger partial charge in [0.15, 0.2) is 0 Å². The molecule has 2 aliphatic heterocycles. The molecule has 1 aliphatic carbocycles. The number of amides is 3. The number of hydrogen-bond acceptors (Lipinski definition) is 4. The van der Waals surface area contributed by atoms with Crippen LogP contribution in [0.3, 0.4) is 0 Å². The lowest BCUT2D eigenvalue weighted by Gasteiger charge is -2.25. The molecule has 6 nitrogen and oxygen atoms in total. The molecule has 0 spiro atoms. The fourth-order valence-corrected chi connectivity index (χ4v) is 5.50. The highest BCUT2D eigenvalue weighted by Gasteiger charge is 2.45. The maximum Gasteiger partial charge on any atom is 0.256 e. The summed E-state index contributed by atoms with van der Waals surface area (Å²) in [7, 11) is 0. The molecule has 1 aromatic carbocycles. The largest absolute Gasteiger partial charge is 0.350 e. The SMILES string of the molecule is O=C(N[C@H]1CCN2C(=O)c3cc(-c4cccs4)ccc3NC(=O)[C@H]12)C1CCCC1. The van der Waals surface area contributed by atoms with Crippen LogP contribution in [0.5, 0.6) is 0 Å². The van der Waals surface area contributed by atoms with Crippen LogP contribution < -0.4 is 10.6 Å². The molecule has 0 radical (unpaired) electrons. The molecule has 0 bridgehead atoms. The van der Waals surface area contributed by atoms with Crippen LogP contribution in [-0.4, -0.2) is 41.2 Å². The molecule has 29 heavy (non-hydrogen) atoms. The van der Waals surface area contributed by atoms with E-state index in [1.165, 1.54) is 0 Å². The summed E-state index contributed by atoms with van der Waals surface area (Å²) in [6.45, 7) is 0.467. The van der Waals surface area contributed by atoms with Gasteiger partial charge >= 0.3 is 0 Å². The van der Waals surface area contributed by atoms with Crippen LogP contribution in [0.25, 0.3) is 10.4 Å². The van der Waals surface area contributed by atoms with Crippen LogP contribution in [0.4, 0.5) is 5.69 Å². The minimum Gasteiger partial charge on any atom is -0.350 e. The third kappa shape index (κ3) is 3.23. The molecule has 7 heteroatoms. The number of fused-ring (bicyclic) bond motifs is 2. The molecule has 2 atom stereocenters. The highest BCUT2D eigenvalue weighted by molar-refractivity contribution is 7.13. The van der Waals surface area contributed by atoms with Crippen LogP contribution in [0, 0.1) is 5.92 Å². The summed E-state index contributed by atoms with van der Waals surface area (Å²) in [5, 5.41) is 7.99. The third-order valence-corrected chi connectivity index (χ3v) is 7.21. The zero-order valence-corrected chi connectivity index (χ0v) is 16.8. The van der Waals surface area contributed by atoms with Crippen LogP contribution in [0.2, 0.25) is 0 Å². The average Bonchev–Trinajstić information content (AvgIpc) is 3.47. The number of carbonyl (C=O) groups excluding carboxylic acids is 3. The van der Waals surface area contributed by atoms with Crippen molar-refractivity contribution in [3.05, 3.63) is 41.3 Å². The summed E-state index contributed by atoms with van der Waals surface area (Å²) in [4.78, 5) is 41.6. The van der Waals surface area contributed by atoms with Crippen LogP contribution >= 0.6 is 11.3 Å². The normalized spacial score (nSPS) is 24.1. The predicted octanol–water partition coefficient (Wildman–Crippen LogP) is 3.26. The molecule has 1 saturated heterocycles. The molecule has 2 N–H and O–H groups in total. The molecule has 3 amide bonds. The Labute approximate surface area is 173 Å². The molecule has 3 heterocycles. The van der Waals surface area contributed by atoms with Gasteiger partial charge in [0.2, 0.25) is 11.8 Å². The van der Waals surface area contributed by atoms with E-state index in [4.69, 9.17) is 0 Å². The second kappa shape index (κ2) is 7.30. The molecule has 2 fully saturated rings. The Hall–Kier alpha value is -2.67. The van der Waals surface area contributed by atoms with Gasteiger partial charge in [-0.2, -0.15) is 0 Å². The van der Waals surface area contributed by atoms with Gasteiger partial charge < -0.3 is 15.5 Å². The maximum atomic E-state index is 13.3. The van der Waals surface area contributed by atoms with Gasteiger partial charge in [-0.05, 0) is 48.4 Å². The summed E-state index contributed by atoms with van der Waals surface area (Å²) in [6, 6.07) is 8.57. The van der Waals surface area contributed by atoms with E-state index < -0.39 is 6.04 Å². The predicted molar refractivity (Wildman–Crippen MR) is 112 cm³/mol. The molecular formula is C22H23N3O3S. The van der Waals surface area contributed by atoms with Crippen molar-refractivity contribution in [2.45, 2.75) is 44.2 Å². The molecule has 1 saturated carbocycles. The number of thiophene rings is 1. The standard InChI is InChI=1S/C22H23N3O3S/c26-20(13-4-1-2-5-13)24-17-9-10-25-19(17)21(27)23-16-8-7-14(12-15(16)22(25)28)18-6-3-11-29-18/h3,6-8,11-13,17,19H,1-2,4-5,9-10H2,(H,23,27)(H,24,26)/t17-,19-/m0/s1. The minimum absolute atomic E-state index is 0.0244. The smallest absolute Gasteiger partial charge is 0.256 e. The van der Waals surface area contributed by atoms with Gasteiger partial charge in [0.1, 0.15) is 6.04 Å². The van der Waals surface area contributed by atoms with E-state index in [1.54, 1.807) is 22.3 Å². The van der Waals surface area contributed by atoms with Crippen molar-refractivity contribution in [2.75, 3.05) is 11.9 Å². The lowest BCUT2D eigenvalue weighted by molar-refractivity contribution is -0.126. The van der Waals surface area contributed by atoms with Crippen molar-refractivity contribution in [3.8, 4) is 10.4 Å². The van der Waals surface area contributed by atoms with E-state index in [0.717, 1.165) is 36.1 Å². The summed E-state index contributed by atoms with van der Waals surface area (Å²) in [5.41, 5.74) is 2.01. The van der Waals surface area contributed by atoms with E-state index in [1.807, 2.05) is 29.6 Å². The lowest BCUT2D eigenvalue weighted by Crippen LogP contribution is -2.52. The number of hydrogen-bond donors (Lipinski definition) is 2. The second-order valence-electron chi connectivity index (χ2n) is 8.06. The summed E-state index contributed by atoms with van der Waals surface area (Å²) in [5.74, 6) is -0.315. The van der Waals surface area contributed by atoms with Crippen molar-refractivity contribution in [2.24, 2.45) is 5.92 Å². The van der Waals surface area contributed by atoms with Gasteiger partial charge in [0.25, 0.3) is 5.91 Å². The fraction of sp³-hybridized carbons (Fsp3) is 0.409. The van der Waals surface area contributed by atoms with Crippen molar-refractivity contribution in [1.29, 1.82) is 0 Å². The van der Waals surface area contributed by atoms with E-state index in [2.05, 4.69) is 10.6 Å². The Bertz CT molecular complexity index is 966. The van der Waals surface area contributed by atoms with Gasteiger partial charge in [-0.25, -0.2) is 0 Å². The van der Waals surface area contributed by atoms with Gasteiger partial charge in [0.05, 0.1) is 17.3 Å². The highest BCUT2D eigenvalue weighted by atomic mass is 32.1. The zero-order chi connectivity index (χ0) is 20.0.